The number of carbonyl (C=O) groups excluding carboxylic acids is 2. The predicted molar refractivity (Wildman–Crippen MR) is 223 cm³/mol. The topological polar surface area (TPSA) is 122 Å². The molecule has 0 saturated carbocycles. The Labute approximate surface area is 315 Å². The Morgan fingerprint density at radius 2 is 0.569 bits per heavy atom. The van der Waals surface area contributed by atoms with Crippen molar-refractivity contribution in [2.75, 3.05) is 39.3 Å². The summed E-state index contributed by atoms with van der Waals surface area (Å²) in [6.45, 7) is 6.50. The van der Waals surface area contributed by atoms with Crippen LogP contribution in [-0.2, 0) is 9.59 Å². The zero-order valence-electron chi connectivity index (χ0n) is 33.1. The molecule has 0 aliphatic rings. The number of nitrogens with two attached hydrogens (primary N) is 2. The van der Waals surface area contributed by atoms with Crippen molar-refractivity contribution in [3.05, 3.63) is 48.6 Å². The highest BCUT2D eigenvalue weighted by molar-refractivity contribution is 5.73. The molecule has 0 aliphatic carbocycles. The molecule has 7 nitrogen and oxygen atoms in total. The molecule has 0 rings (SSSR count). The minimum Gasteiger partial charge on any atom is -0.370 e. The van der Waals surface area contributed by atoms with Crippen molar-refractivity contribution in [1.29, 1.82) is 0 Å². The Hall–Kier alpha value is -2.22. The van der Waals surface area contributed by atoms with E-state index >= 15 is 0 Å². The van der Waals surface area contributed by atoms with E-state index in [2.05, 4.69) is 64.6 Å². The SMILES string of the molecule is NC(=O)CCCCCCCC=CCC=CCCCCCCCNCCNCCNCCCCCCCC=CCC=CCCCCCCCC(N)=O. The van der Waals surface area contributed by atoms with Gasteiger partial charge in [0.25, 0.3) is 0 Å². The van der Waals surface area contributed by atoms with Crippen LogP contribution in [0, 0.1) is 0 Å². The highest BCUT2D eigenvalue weighted by atomic mass is 16.1. The molecule has 0 heterocycles. The highest BCUT2D eigenvalue weighted by Gasteiger charge is 1.96. The summed E-state index contributed by atoms with van der Waals surface area (Å²) in [7, 11) is 0. The molecule has 0 saturated heterocycles. The third-order valence-electron chi connectivity index (χ3n) is 9.20. The Balaban J connectivity index is 3.19. The zero-order chi connectivity index (χ0) is 37.0. The van der Waals surface area contributed by atoms with E-state index in [4.69, 9.17) is 11.5 Å². The second-order valence-corrected chi connectivity index (χ2v) is 14.3. The van der Waals surface area contributed by atoms with E-state index in [1.54, 1.807) is 0 Å². The van der Waals surface area contributed by atoms with Crippen LogP contribution in [0.15, 0.2) is 48.6 Å². The first kappa shape index (κ1) is 48.8. The molecule has 0 spiro atoms. The zero-order valence-corrected chi connectivity index (χ0v) is 33.1. The van der Waals surface area contributed by atoms with Crippen LogP contribution in [0.25, 0.3) is 0 Å². The summed E-state index contributed by atoms with van der Waals surface area (Å²) in [5, 5.41) is 10.7. The highest BCUT2D eigenvalue weighted by Crippen LogP contribution is 2.10. The first-order chi connectivity index (χ1) is 25.1. The first-order valence-electron chi connectivity index (χ1n) is 21.4. The summed E-state index contributed by atoms with van der Waals surface area (Å²) in [5.41, 5.74) is 10.3. The molecule has 0 atom stereocenters. The van der Waals surface area contributed by atoms with Crippen molar-refractivity contribution in [2.24, 2.45) is 11.5 Å². The minimum absolute atomic E-state index is 0.174. The number of primary amides is 2. The summed E-state index contributed by atoms with van der Waals surface area (Å²) in [5.74, 6) is -0.348. The third kappa shape index (κ3) is 47.8. The van der Waals surface area contributed by atoms with Crippen molar-refractivity contribution in [2.45, 2.75) is 180 Å². The maximum Gasteiger partial charge on any atom is 0.217 e. The van der Waals surface area contributed by atoms with E-state index in [1.165, 1.54) is 128 Å². The summed E-state index contributed by atoms with van der Waals surface area (Å²) >= 11 is 0. The molecule has 0 aromatic carbocycles. The quantitative estimate of drug-likeness (QED) is 0.0318. The minimum atomic E-state index is -0.174. The molecule has 7 N–H and O–H groups in total. The maximum absolute atomic E-state index is 10.7. The monoisotopic (exact) mass is 714 g/mol. The Bertz CT molecular complexity index is 786. The van der Waals surface area contributed by atoms with Crippen LogP contribution < -0.4 is 27.4 Å². The number of rotatable bonds is 42. The number of hydrogen-bond acceptors (Lipinski definition) is 5. The molecule has 0 fully saturated rings. The standard InChI is InChI=1S/C44H83N5O2/c45-43(50)35-31-27-23-19-15-11-7-3-1-5-9-13-17-21-25-29-33-37-47-39-41-49-42-40-48-38-34-30-26-22-18-14-10-6-2-4-8-12-16-20-24-28-32-36-44(46)51/h3-10,47-49H,1-2,11-42H2,(H2,45,50)(H2,46,51). The summed E-state index contributed by atoms with van der Waals surface area (Å²) in [6.07, 6.45) is 51.2. The molecule has 0 aromatic rings. The van der Waals surface area contributed by atoms with E-state index in [0.29, 0.717) is 12.8 Å². The van der Waals surface area contributed by atoms with E-state index in [9.17, 15) is 9.59 Å². The lowest BCUT2D eigenvalue weighted by atomic mass is 10.1. The Morgan fingerprint density at radius 1 is 0.314 bits per heavy atom. The summed E-state index contributed by atoms with van der Waals surface area (Å²) in [4.78, 5) is 21.4. The number of carbonyl (C=O) groups is 2. The molecule has 2 amide bonds. The van der Waals surface area contributed by atoms with Crippen LogP contribution in [0.1, 0.15) is 180 Å². The van der Waals surface area contributed by atoms with Crippen LogP contribution in [0.3, 0.4) is 0 Å². The molecular formula is C44H83N5O2. The van der Waals surface area contributed by atoms with Crippen molar-refractivity contribution in [1.82, 2.24) is 16.0 Å². The number of unbranched alkanes of at least 4 members (excludes halogenated alkanes) is 20. The lowest BCUT2D eigenvalue weighted by Crippen LogP contribution is -2.33. The fourth-order valence-electron chi connectivity index (χ4n) is 6.01. The van der Waals surface area contributed by atoms with Gasteiger partial charge in [-0.05, 0) is 103 Å². The van der Waals surface area contributed by atoms with Gasteiger partial charge in [0, 0.05) is 39.0 Å². The second-order valence-electron chi connectivity index (χ2n) is 14.3. The van der Waals surface area contributed by atoms with Gasteiger partial charge >= 0.3 is 0 Å². The van der Waals surface area contributed by atoms with Gasteiger partial charge in [0.2, 0.25) is 11.8 Å². The van der Waals surface area contributed by atoms with E-state index < -0.39 is 0 Å². The number of allylic oxidation sites excluding steroid dienone is 8. The largest absolute Gasteiger partial charge is 0.370 e. The van der Waals surface area contributed by atoms with Gasteiger partial charge in [0.15, 0.2) is 0 Å². The van der Waals surface area contributed by atoms with E-state index in [0.717, 1.165) is 77.8 Å². The smallest absolute Gasteiger partial charge is 0.217 e. The fourth-order valence-corrected chi connectivity index (χ4v) is 6.01. The Kier molecular flexibility index (Phi) is 42.0. The van der Waals surface area contributed by atoms with E-state index in [-0.39, 0.29) is 11.8 Å². The van der Waals surface area contributed by atoms with Crippen LogP contribution in [0.4, 0.5) is 0 Å². The average molecular weight is 714 g/mol. The average Bonchev–Trinajstić information content (AvgIpc) is 3.11. The number of amides is 2. The van der Waals surface area contributed by atoms with Gasteiger partial charge in [0.05, 0.1) is 0 Å². The molecular weight excluding hydrogens is 631 g/mol. The molecule has 0 unspecified atom stereocenters. The van der Waals surface area contributed by atoms with Crippen LogP contribution in [0.2, 0.25) is 0 Å². The Morgan fingerprint density at radius 3 is 0.882 bits per heavy atom. The lowest BCUT2D eigenvalue weighted by Gasteiger charge is -2.08. The number of nitrogens with one attached hydrogen (secondary N) is 3. The van der Waals surface area contributed by atoms with Gasteiger partial charge in [-0.2, -0.15) is 0 Å². The van der Waals surface area contributed by atoms with Gasteiger partial charge in [-0.25, -0.2) is 0 Å². The summed E-state index contributed by atoms with van der Waals surface area (Å²) < 4.78 is 0. The van der Waals surface area contributed by atoms with Crippen molar-refractivity contribution in [3.63, 3.8) is 0 Å². The normalized spacial score (nSPS) is 12.1. The molecule has 0 bridgehead atoms. The molecule has 0 aromatic heterocycles. The molecule has 7 heteroatoms. The van der Waals surface area contributed by atoms with Gasteiger partial charge in [-0.15, -0.1) is 0 Å². The lowest BCUT2D eigenvalue weighted by molar-refractivity contribution is -0.119. The summed E-state index contributed by atoms with van der Waals surface area (Å²) in [6, 6.07) is 0. The van der Waals surface area contributed by atoms with Crippen molar-refractivity contribution in [3.8, 4) is 0 Å². The van der Waals surface area contributed by atoms with Gasteiger partial charge in [0.1, 0.15) is 0 Å². The molecule has 296 valence electrons. The molecule has 51 heavy (non-hydrogen) atoms. The van der Waals surface area contributed by atoms with Crippen molar-refractivity contribution < 1.29 is 9.59 Å². The van der Waals surface area contributed by atoms with Crippen molar-refractivity contribution >= 4 is 11.8 Å². The maximum atomic E-state index is 10.7. The fraction of sp³-hybridized carbons (Fsp3) is 0.773. The van der Waals surface area contributed by atoms with E-state index in [1.807, 2.05) is 0 Å². The van der Waals surface area contributed by atoms with Gasteiger partial charge in [-0.3, -0.25) is 9.59 Å². The van der Waals surface area contributed by atoms with Crippen LogP contribution >= 0.6 is 0 Å². The first-order valence-corrected chi connectivity index (χ1v) is 21.4. The predicted octanol–water partition coefficient (Wildman–Crippen LogP) is 9.87. The second kappa shape index (κ2) is 43.9. The third-order valence-corrected chi connectivity index (χ3v) is 9.20. The van der Waals surface area contributed by atoms with Gasteiger partial charge in [-0.1, -0.05) is 126 Å². The number of hydrogen-bond donors (Lipinski definition) is 5. The molecule has 0 aliphatic heterocycles. The molecule has 0 radical (unpaired) electrons. The van der Waals surface area contributed by atoms with Crippen LogP contribution in [0.5, 0.6) is 0 Å². The van der Waals surface area contributed by atoms with Crippen LogP contribution in [-0.4, -0.2) is 51.1 Å². The van der Waals surface area contributed by atoms with Gasteiger partial charge < -0.3 is 27.4 Å².